The van der Waals surface area contributed by atoms with Crippen LogP contribution in [0.2, 0.25) is 0 Å². The van der Waals surface area contributed by atoms with Crippen LogP contribution in [0.25, 0.3) is 0 Å². The average Bonchev–Trinajstić information content (AvgIpc) is 2.84. The molecule has 2 N–H and O–H groups in total. The first kappa shape index (κ1) is 22.1. The summed E-state index contributed by atoms with van der Waals surface area (Å²) in [4.78, 5) is 22.2. The Hall–Kier alpha value is -4.07. The summed E-state index contributed by atoms with van der Waals surface area (Å²) in [5, 5.41) is 12.1. The normalized spacial score (nSPS) is 15.5. The van der Waals surface area contributed by atoms with Crippen molar-refractivity contribution >= 4 is 17.4 Å². The van der Waals surface area contributed by atoms with E-state index in [9.17, 15) is 9.18 Å². The minimum absolute atomic E-state index is 0.0196. The number of nitrogens with one attached hydrogen (secondary N) is 2. The van der Waals surface area contributed by atoms with Gasteiger partial charge in [0.15, 0.2) is 0 Å². The summed E-state index contributed by atoms with van der Waals surface area (Å²) in [7, 11) is 0. The molecule has 1 aliphatic heterocycles. The van der Waals surface area contributed by atoms with E-state index >= 15 is 0 Å². The zero-order valence-corrected chi connectivity index (χ0v) is 18.0. The highest BCUT2D eigenvalue weighted by Gasteiger charge is 2.23. The van der Waals surface area contributed by atoms with Gasteiger partial charge in [-0.05, 0) is 55.3 Å². The largest absolute Gasteiger partial charge is 0.457 e. The molecule has 1 amide bonds. The number of carbonyl (C=O) groups is 1. The van der Waals surface area contributed by atoms with Crippen molar-refractivity contribution in [1.29, 1.82) is 5.41 Å². The van der Waals surface area contributed by atoms with Crippen molar-refractivity contribution in [2.75, 3.05) is 18.4 Å². The van der Waals surface area contributed by atoms with Crippen LogP contribution in [0.15, 0.2) is 73.7 Å². The molecular formula is C25H24FN5O2. The minimum atomic E-state index is -0.370. The summed E-state index contributed by atoms with van der Waals surface area (Å²) in [6.45, 7) is 4.82. The van der Waals surface area contributed by atoms with Gasteiger partial charge in [0.05, 0.1) is 11.3 Å². The van der Waals surface area contributed by atoms with E-state index in [1.807, 2.05) is 0 Å². The highest BCUT2D eigenvalue weighted by molar-refractivity contribution is 6.13. The maximum absolute atomic E-state index is 13.4. The van der Waals surface area contributed by atoms with E-state index in [4.69, 9.17) is 10.1 Å². The van der Waals surface area contributed by atoms with Gasteiger partial charge in [-0.15, -0.1) is 0 Å². The van der Waals surface area contributed by atoms with Gasteiger partial charge in [0, 0.05) is 37.0 Å². The fourth-order valence-electron chi connectivity index (χ4n) is 3.76. The second-order valence-electron chi connectivity index (χ2n) is 7.72. The number of anilines is 1. The average molecular weight is 445 g/mol. The highest BCUT2D eigenvalue weighted by Crippen LogP contribution is 2.24. The molecule has 1 aliphatic rings. The molecule has 1 fully saturated rings. The number of rotatable bonds is 7. The summed E-state index contributed by atoms with van der Waals surface area (Å²) in [6.07, 6.45) is 6.14. The summed E-state index contributed by atoms with van der Waals surface area (Å²) >= 11 is 0. The molecule has 4 rings (SSSR count). The highest BCUT2D eigenvalue weighted by atomic mass is 19.1. The summed E-state index contributed by atoms with van der Waals surface area (Å²) < 4.78 is 19.0. The van der Waals surface area contributed by atoms with Crippen molar-refractivity contribution in [3.05, 3.63) is 90.7 Å². The van der Waals surface area contributed by atoms with Crippen molar-refractivity contribution < 1.29 is 13.9 Å². The van der Waals surface area contributed by atoms with E-state index in [0.717, 1.165) is 12.8 Å². The van der Waals surface area contributed by atoms with Gasteiger partial charge in [0.2, 0.25) is 5.91 Å². The van der Waals surface area contributed by atoms with Crippen LogP contribution in [0.5, 0.6) is 11.5 Å². The van der Waals surface area contributed by atoms with E-state index in [0.29, 0.717) is 41.5 Å². The second-order valence-corrected chi connectivity index (χ2v) is 7.72. The first-order chi connectivity index (χ1) is 16.0. The van der Waals surface area contributed by atoms with Crippen LogP contribution >= 0.6 is 0 Å². The van der Waals surface area contributed by atoms with Gasteiger partial charge in [-0.2, -0.15) is 0 Å². The fraction of sp³-hybridized carbons (Fsp3) is 0.200. The molecule has 1 saturated heterocycles. The number of likely N-dealkylation sites (tertiary alicyclic amines) is 1. The quantitative estimate of drug-likeness (QED) is 0.415. The predicted octanol–water partition coefficient (Wildman–Crippen LogP) is 4.41. The Morgan fingerprint density at radius 3 is 2.82 bits per heavy atom. The lowest BCUT2D eigenvalue weighted by Crippen LogP contribution is -2.44. The minimum Gasteiger partial charge on any atom is -0.457 e. The molecule has 0 spiro atoms. The van der Waals surface area contributed by atoms with Gasteiger partial charge in [0.1, 0.15) is 29.5 Å². The lowest BCUT2D eigenvalue weighted by molar-refractivity contribution is -0.127. The molecule has 1 aromatic heterocycles. The third kappa shape index (κ3) is 5.41. The van der Waals surface area contributed by atoms with Crippen molar-refractivity contribution in [2.45, 2.75) is 18.9 Å². The Kier molecular flexibility index (Phi) is 6.73. The Morgan fingerprint density at radius 2 is 2.06 bits per heavy atom. The topological polar surface area (TPSA) is 91.2 Å². The van der Waals surface area contributed by atoms with E-state index in [1.165, 1.54) is 24.5 Å². The summed E-state index contributed by atoms with van der Waals surface area (Å²) in [5.41, 5.74) is 1.47. The molecule has 0 bridgehead atoms. The van der Waals surface area contributed by atoms with Crippen LogP contribution in [0.1, 0.15) is 24.0 Å². The molecule has 0 aliphatic carbocycles. The zero-order valence-electron chi connectivity index (χ0n) is 18.0. The molecule has 0 radical (unpaired) electrons. The number of hydrogen-bond donors (Lipinski definition) is 2. The van der Waals surface area contributed by atoms with E-state index in [-0.39, 0.29) is 23.5 Å². The molecule has 7 nitrogen and oxygen atoms in total. The second kappa shape index (κ2) is 10.0. The number of benzene rings is 2. The van der Waals surface area contributed by atoms with Crippen LogP contribution in [0.3, 0.4) is 0 Å². The zero-order chi connectivity index (χ0) is 23.2. The maximum atomic E-state index is 13.4. The van der Waals surface area contributed by atoms with E-state index < -0.39 is 0 Å². The fourth-order valence-corrected chi connectivity index (χ4v) is 3.76. The molecule has 0 unspecified atom stereocenters. The van der Waals surface area contributed by atoms with Gasteiger partial charge in [-0.25, -0.2) is 14.4 Å². The molecule has 2 aromatic carbocycles. The SMILES string of the molecule is C=CC(=O)N1CCC[C@@H](Nc2ncncc2C(=N)c2ccc(Oc3cccc(F)c3)cc2)C1. The number of carbonyl (C=O) groups excluding carboxylic acids is 1. The Bertz CT molecular complexity index is 1170. The monoisotopic (exact) mass is 445 g/mol. The summed E-state index contributed by atoms with van der Waals surface area (Å²) in [6, 6.07) is 12.9. The third-order valence-corrected chi connectivity index (χ3v) is 5.40. The number of halogens is 1. The van der Waals surface area contributed by atoms with Gasteiger partial charge in [-0.3, -0.25) is 10.2 Å². The number of hydrogen-bond acceptors (Lipinski definition) is 6. The third-order valence-electron chi connectivity index (χ3n) is 5.40. The van der Waals surface area contributed by atoms with Gasteiger partial charge in [-0.1, -0.05) is 12.6 Å². The number of aromatic nitrogens is 2. The summed E-state index contributed by atoms with van der Waals surface area (Å²) in [5.74, 6) is 1.03. The predicted molar refractivity (Wildman–Crippen MR) is 124 cm³/mol. The van der Waals surface area contributed by atoms with E-state index in [1.54, 1.807) is 47.5 Å². The molecule has 1 atom stereocenters. The maximum Gasteiger partial charge on any atom is 0.246 e. The molecule has 33 heavy (non-hydrogen) atoms. The number of nitrogens with zero attached hydrogens (tertiary/aromatic N) is 3. The molecule has 3 aromatic rings. The van der Waals surface area contributed by atoms with Crippen LogP contribution < -0.4 is 10.1 Å². The van der Waals surface area contributed by atoms with Gasteiger partial charge >= 0.3 is 0 Å². The van der Waals surface area contributed by atoms with Gasteiger partial charge < -0.3 is 15.0 Å². The van der Waals surface area contributed by atoms with Crippen molar-refractivity contribution in [3.8, 4) is 11.5 Å². The Labute approximate surface area is 191 Å². The van der Waals surface area contributed by atoms with Crippen LogP contribution in [-0.2, 0) is 4.79 Å². The Morgan fingerprint density at radius 1 is 1.24 bits per heavy atom. The molecule has 168 valence electrons. The number of amides is 1. The number of ether oxygens (including phenoxy) is 1. The number of piperidine rings is 1. The van der Waals surface area contributed by atoms with Crippen LogP contribution in [0, 0.1) is 11.2 Å². The molecule has 8 heteroatoms. The van der Waals surface area contributed by atoms with Crippen LogP contribution in [0.4, 0.5) is 10.2 Å². The molecular weight excluding hydrogens is 421 g/mol. The standard InChI is InChI=1S/C25H24FN5O2/c1-2-23(32)31-12-4-6-19(15-31)30-25-22(14-28-16-29-25)24(27)17-8-10-20(11-9-17)33-21-7-3-5-18(26)13-21/h2-3,5,7-11,13-14,16,19,27H,1,4,6,12,15H2,(H,28,29,30)/t19-/m1/s1. The van der Waals surface area contributed by atoms with Gasteiger partial charge in [0.25, 0.3) is 0 Å². The lowest BCUT2D eigenvalue weighted by Gasteiger charge is -2.33. The first-order valence-electron chi connectivity index (χ1n) is 10.6. The van der Waals surface area contributed by atoms with E-state index in [2.05, 4.69) is 21.9 Å². The first-order valence-corrected chi connectivity index (χ1v) is 10.6. The van der Waals surface area contributed by atoms with Crippen LogP contribution in [-0.4, -0.2) is 45.6 Å². The Balaban J connectivity index is 1.47. The molecule has 0 saturated carbocycles. The molecule has 2 heterocycles. The van der Waals surface area contributed by atoms with Crippen molar-refractivity contribution in [2.24, 2.45) is 0 Å². The lowest BCUT2D eigenvalue weighted by atomic mass is 10.0. The smallest absolute Gasteiger partial charge is 0.246 e. The van der Waals surface area contributed by atoms with Crippen molar-refractivity contribution in [3.63, 3.8) is 0 Å². The van der Waals surface area contributed by atoms with Crippen molar-refractivity contribution in [1.82, 2.24) is 14.9 Å².